The minimum atomic E-state index is 0.520. The molecule has 0 saturated carbocycles. The number of likely N-dealkylation sites (tertiary alicyclic amines) is 1. The van der Waals surface area contributed by atoms with Gasteiger partial charge in [-0.3, -0.25) is 4.90 Å². The average Bonchev–Trinajstić information content (AvgIpc) is 2.99. The Morgan fingerprint density at radius 2 is 1.73 bits per heavy atom. The van der Waals surface area contributed by atoms with Crippen molar-refractivity contribution in [3.8, 4) is 11.5 Å². The molecular formula is C20H23NO. The van der Waals surface area contributed by atoms with Gasteiger partial charge in [-0.1, -0.05) is 35.9 Å². The van der Waals surface area contributed by atoms with Crippen molar-refractivity contribution in [1.29, 1.82) is 0 Å². The fourth-order valence-electron chi connectivity index (χ4n) is 3.09. The molecular weight excluding hydrogens is 270 g/mol. The van der Waals surface area contributed by atoms with Crippen LogP contribution in [0.1, 0.15) is 30.0 Å². The summed E-state index contributed by atoms with van der Waals surface area (Å²) >= 11 is 0. The van der Waals surface area contributed by atoms with Crippen LogP contribution in [0, 0.1) is 6.92 Å². The molecule has 0 radical (unpaired) electrons. The lowest BCUT2D eigenvalue weighted by atomic mass is 10.0. The van der Waals surface area contributed by atoms with Crippen LogP contribution in [0.2, 0.25) is 0 Å². The lowest BCUT2D eigenvalue weighted by Gasteiger charge is -2.23. The quantitative estimate of drug-likeness (QED) is 0.710. The van der Waals surface area contributed by atoms with E-state index >= 15 is 0 Å². The van der Waals surface area contributed by atoms with Crippen LogP contribution in [0.5, 0.6) is 11.5 Å². The Balaban J connectivity index is 1.69. The normalized spacial score (nSPS) is 18.3. The van der Waals surface area contributed by atoms with Gasteiger partial charge in [-0.15, -0.1) is 6.58 Å². The fourth-order valence-corrected chi connectivity index (χ4v) is 3.09. The molecule has 2 heteroatoms. The average molecular weight is 293 g/mol. The number of hydrogen-bond acceptors (Lipinski definition) is 2. The minimum Gasteiger partial charge on any atom is -0.457 e. The highest BCUT2D eigenvalue weighted by atomic mass is 16.5. The van der Waals surface area contributed by atoms with E-state index in [1.54, 1.807) is 0 Å². The van der Waals surface area contributed by atoms with E-state index in [-0.39, 0.29) is 0 Å². The van der Waals surface area contributed by atoms with Crippen molar-refractivity contribution in [3.63, 3.8) is 0 Å². The minimum absolute atomic E-state index is 0.520. The van der Waals surface area contributed by atoms with E-state index < -0.39 is 0 Å². The molecule has 2 nitrogen and oxygen atoms in total. The largest absolute Gasteiger partial charge is 0.457 e. The summed E-state index contributed by atoms with van der Waals surface area (Å²) in [6.07, 6.45) is 4.49. The molecule has 1 heterocycles. The smallest absolute Gasteiger partial charge is 0.127 e. The van der Waals surface area contributed by atoms with Crippen LogP contribution in [0.3, 0.4) is 0 Å². The zero-order valence-electron chi connectivity index (χ0n) is 13.2. The molecule has 114 valence electrons. The maximum Gasteiger partial charge on any atom is 0.127 e. The first-order valence-corrected chi connectivity index (χ1v) is 7.96. The number of ether oxygens (including phenoxy) is 1. The molecule has 2 aromatic carbocycles. The van der Waals surface area contributed by atoms with Crippen LogP contribution in [-0.2, 0) is 0 Å². The predicted octanol–water partition coefficient (Wildman–Crippen LogP) is 5.11. The summed E-state index contributed by atoms with van der Waals surface area (Å²) in [7, 11) is 0. The highest BCUT2D eigenvalue weighted by Crippen LogP contribution is 2.33. The van der Waals surface area contributed by atoms with E-state index in [0.29, 0.717) is 6.04 Å². The molecule has 1 aliphatic heterocycles. The molecule has 0 bridgehead atoms. The van der Waals surface area contributed by atoms with Crippen LogP contribution in [-0.4, -0.2) is 18.0 Å². The molecule has 22 heavy (non-hydrogen) atoms. The van der Waals surface area contributed by atoms with E-state index in [2.05, 4.69) is 54.8 Å². The van der Waals surface area contributed by atoms with Gasteiger partial charge in [0.05, 0.1) is 0 Å². The first-order valence-electron chi connectivity index (χ1n) is 7.96. The summed E-state index contributed by atoms with van der Waals surface area (Å²) in [5.41, 5.74) is 2.61. The Morgan fingerprint density at radius 1 is 1.09 bits per heavy atom. The molecule has 1 saturated heterocycles. The monoisotopic (exact) mass is 293 g/mol. The molecule has 2 aromatic rings. The fraction of sp³-hybridized carbons (Fsp3) is 0.300. The zero-order valence-corrected chi connectivity index (χ0v) is 13.2. The number of aryl methyl sites for hydroxylation is 1. The first-order chi connectivity index (χ1) is 10.8. The van der Waals surface area contributed by atoms with Gasteiger partial charge in [-0.25, -0.2) is 0 Å². The van der Waals surface area contributed by atoms with E-state index in [9.17, 15) is 0 Å². The van der Waals surface area contributed by atoms with Gasteiger partial charge in [-0.05, 0) is 56.1 Å². The van der Waals surface area contributed by atoms with E-state index in [0.717, 1.165) is 24.6 Å². The summed E-state index contributed by atoms with van der Waals surface area (Å²) in [4.78, 5) is 2.49. The van der Waals surface area contributed by atoms with Gasteiger partial charge in [0.2, 0.25) is 0 Å². The maximum atomic E-state index is 5.90. The van der Waals surface area contributed by atoms with Crippen molar-refractivity contribution in [1.82, 2.24) is 4.90 Å². The molecule has 0 spiro atoms. The van der Waals surface area contributed by atoms with E-state index in [1.807, 2.05) is 18.2 Å². The van der Waals surface area contributed by atoms with Crippen LogP contribution < -0.4 is 4.74 Å². The Labute approximate surface area is 133 Å². The molecule has 3 rings (SSSR count). The van der Waals surface area contributed by atoms with E-state index in [4.69, 9.17) is 4.74 Å². The number of benzene rings is 2. The van der Waals surface area contributed by atoms with Crippen LogP contribution in [0.4, 0.5) is 0 Å². The Kier molecular flexibility index (Phi) is 4.59. The van der Waals surface area contributed by atoms with Gasteiger partial charge >= 0.3 is 0 Å². The summed E-state index contributed by atoms with van der Waals surface area (Å²) < 4.78 is 5.90. The molecule has 1 aliphatic rings. The molecule has 0 N–H and O–H groups in total. The second-order valence-corrected chi connectivity index (χ2v) is 5.93. The summed E-state index contributed by atoms with van der Waals surface area (Å²) in [6.45, 7) is 8.07. The summed E-state index contributed by atoms with van der Waals surface area (Å²) in [5.74, 6) is 1.77. The molecule has 1 fully saturated rings. The zero-order chi connectivity index (χ0) is 15.4. The molecule has 0 aromatic heterocycles. The Hall–Kier alpha value is -2.06. The Morgan fingerprint density at radius 3 is 2.36 bits per heavy atom. The van der Waals surface area contributed by atoms with Gasteiger partial charge < -0.3 is 4.74 Å². The van der Waals surface area contributed by atoms with Gasteiger partial charge in [-0.2, -0.15) is 0 Å². The van der Waals surface area contributed by atoms with Gasteiger partial charge in [0.1, 0.15) is 11.5 Å². The van der Waals surface area contributed by atoms with Crippen molar-refractivity contribution in [2.75, 3.05) is 13.1 Å². The SMILES string of the molecule is C=CCN1CCCC1c1ccc(Oc2ccc(C)cc2)cc1. The lowest BCUT2D eigenvalue weighted by Crippen LogP contribution is -2.23. The molecule has 0 amide bonds. The van der Waals surface area contributed by atoms with Crippen molar-refractivity contribution < 1.29 is 4.74 Å². The maximum absolute atomic E-state index is 5.90. The number of hydrogen-bond donors (Lipinski definition) is 0. The third kappa shape index (κ3) is 3.40. The molecule has 0 aliphatic carbocycles. The van der Waals surface area contributed by atoms with Crippen molar-refractivity contribution in [3.05, 3.63) is 72.3 Å². The van der Waals surface area contributed by atoms with Crippen molar-refractivity contribution in [2.45, 2.75) is 25.8 Å². The number of rotatable bonds is 5. The van der Waals surface area contributed by atoms with Crippen LogP contribution >= 0.6 is 0 Å². The topological polar surface area (TPSA) is 12.5 Å². The third-order valence-corrected chi connectivity index (χ3v) is 4.25. The molecule has 1 atom stereocenters. The highest BCUT2D eigenvalue weighted by molar-refractivity contribution is 5.35. The summed E-state index contributed by atoms with van der Waals surface area (Å²) in [6, 6.07) is 17.2. The second-order valence-electron chi connectivity index (χ2n) is 5.93. The van der Waals surface area contributed by atoms with Crippen LogP contribution in [0.15, 0.2) is 61.2 Å². The standard InChI is InChI=1S/C20H23NO/c1-3-14-21-15-4-5-20(21)17-8-12-19(13-9-17)22-18-10-6-16(2)7-11-18/h3,6-13,20H,1,4-5,14-15H2,2H3. The molecule has 1 unspecified atom stereocenters. The second kappa shape index (κ2) is 6.80. The highest BCUT2D eigenvalue weighted by Gasteiger charge is 2.24. The van der Waals surface area contributed by atoms with Gasteiger partial charge in [0.25, 0.3) is 0 Å². The van der Waals surface area contributed by atoms with Gasteiger partial charge in [0.15, 0.2) is 0 Å². The Bertz CT molecular complexity index is 615. The van der Waals surface area contributed by atoms with Gasteiger partial charge in [0, 0.05) is 12.6 Å². The lowest BCUT2D eigenvalue weighted by molar-refractivity contribution is 0.285. The first kappa shape index (κ1) is 14.9. The predicted molar refractivity (Wildman–Crippen MR) is 91.4 cm³/mol. The third-order valence-electron chi connectivity index (χ3n) is 4.25. The van der Waals surface area contributed by atoms with Crippen molar-refractivity contribution >= 4 is 0 Å². The van der Waals surface area contributed by atoms with Crippen LogP contribution in [0.25, 0.3) is 0 Å². The number of nitrogens with zero attached hydrogens (tertiary/aromatic N) is 1. The van der Waals surface area contributed by atoms with E-state index in [1.165, 1.54) is 24.0 Å². The van der Waals surface area contributed by atoms with Crippen molar-refractivity contribution in [2.24, 2.45) is 0 Å². The summed E-state index contributed by atoms with van der Waals surface area (Å²) in [5, 5.41) is 0.